The van der Waals surface area contributed by atoms with E-state index in [0.29, 0.717) is 31.5 Å². The number of benzene rings is 2. The van der Waals surface area contributed by atoms with Gasteiger partial charge in [0.15, 0.2) is 0 Å². The van der Waals surface area contributed by atoms with Crippen LogP contribution in [0.1, 0.15) is 17.5 Å². The van der Waals surface area contributed by atoms with Crippen molar-refractivity contribution < 1.29 is 22.7 Å². The maximum absolute atomic E-state index is 12.1. The molecule has 0 radical (unpaired) electrons. The number of ether oxygens (including phenoxy) is 1. The Bertz CT molecular complexity index is 706. The van der Waals surface area contributed by atoms with Crippen LogP contribution in [0.25, 0.3) is 0 Å². The number of halogens is 4. The van der Waals surface area contributed by atoms with Crippen LogP contribution in [0.2, 0.25) is 0 Å². The quantitative estimate of drug-likeness (QED) is 0.707. The number of amides is 1. The maximum atomic E-state index is 12.1. The number of nitrogens with two attached hydrogens (primary N) is 1. The molecule has 0 unspecified atom stereocenters. The van der Waals surface area contributed by atoms with Crippen molar-refractivity contribution in [2.24, 2.45) is 0 Å². The monoisotopic (exact) mass is 388 g/mol. The first-order valence-corrected chi connectivity index (χ1v) is 7.78. The first kappa shape index (κ1) is 21.6. The number of nitrogen functional groups attached to an aromatic ring is 1. The highest BCUT2D eigenvalue weighted by molar-refractivity contribution is 5.85. The maximum Gasteiger partial charge on any atom is 0.573 e. The molecule has 0 bridgehead atoms. The van der Waals surface area contributed by atoms with Gasteiger partial charge < -0.3 is 15.8 Å². The topological polar surface area (TPSA) is 64.4 Å². The number of hydrogen-bond donors (Lipinski definition) is 2. The second-order valence-corrected chi connectivity index (χ2v) is 5.49. The average Bonchev–Trinajstić information content (AvgIpc) is 2.54. The molecule has 0 fully saturated rings. The van der Waals surface area contributed by atoms with E-state index in [1.54, 1.807) is 6.07 Å². The Morgan fingerprint density at radius 3 is 2.31 bits per heavy atom. The van der Waals surface area contributed by atoms with Crippen LogP contribution >= 0.6 is 12.4 Å². The van der Waals surface area contributed by atoms with Gasteiger partial charge in [-0.05, 0) is 42.2 Å². The van der Waals surface area contributed by atoms with Gasteiger partial charge in [-0.25, -0.2) is 0 Å². The summed E-state index contributed by atoms with van der Waals surface area (Å²) in [6.45, 7) is 0.405. The number of rotatable bonds is 7. The van der Waals surface area contributed by atoms with Gasteiger partial charge in [-0.15, -0.1) is 25.6 Å². The zero-order valence-corrected chi connectivity index (χ0v) is 14.7. The van der Waals surface area contributed by atoms with Crippen LogP contribution in [0.4, 0.5) is 18.9 Å². The highest BCUT2D eigenvalue weighted by Crippen LogP contribution is 2.22. The lowest BCUT2D eigenvalue weighted by Gasteiger charge is -2.10. The molecular weight excluding hydrogens is 369 g/mol. The number of carbonyl (C=O) groups excluding carboxylic acids is 1. The normalized spacial score (nSPS) is 10.7. The largest absolute Gasteiger partial charge is 0.573 e. The summed E-state index contributed by atoms with van der Waals surface area (Å²) in [5, 5.41) is 2.78. The summed E-state index contributed by atoms with van der Waals surface area (Å²) in [5.41, 5.74) is 8.22. The van der Waals surface area contributed by atoms with Gasteiger partial charge in [-0.3, -0.25) is 4.79 Å². The molecule has 1 amide bonds. The molecule has 26 heavy (non-hydrogen) atoms. The number of anilines is 1. The third-order valence-corrected chi connectivity index (χ3v) is 3.57. The molecule has 0 aliphatic carbocycles. The van der Waals surface area contributed by atoms with Crippen LogP contribution in [0.15, 0.2) is 48.5 Å². The van der Waals surface area contributed by atoms with E-state index in [1.807, 2.05) is 18.2 Å². The highest BCUT2D eigenvalue weighted by Gasteiger charge is 2.30. The Labute approximate surface area is 155 Å². The van der Waals surface area contributed by atoms with Crippen LogP contribution in [0.5, 0.6) is 5.75 Å². The van der Waals surface area contributed by atoms with E-state index >= 15 is 0 Å². The van der Waals surface area contributed by atoms with E-state index in [9.17, 15) is 18.0 Å². The second kappa shape index (κ2) is 9.91. The highest BCUT2D eigenvalue weighted by atomic mass is 35.5. The van der Waals surface area contributed by atoms with Crippen LogP contribution in [0, 0.1) is 0 Å². The zero-order valence-electron chi connectivity index (χ0n) is 13.9. The fourth-order valence-electron chi connectivity index (χ4n) is 2.30. The number of alkyl halides is 3. The molecule has 4 nitrogen and oxygen atoms in total. The Balaban J connectivity index is 0.00000338. The fraction of sp³-hybridized carbons (Fsp3) is 0.278. The van der Waals surface area contributed by atoms with E-state index in [1.165, 1.54) is 24.3 Å². The van der Waals surface area contributed by atoms with Crippen molar-refractivity contribution in [2.75, 3.05) is 12.3 Å². The van der Waals surface area contributed by atoms with Crippen LogP contribution in [0.3, 0.4) is 0 Å². The number of nitrogens with one attached hydrogen (secondary N) is 1. The van der Waals surface area contributed by atoms with Gasteiger partial charge in [0.25, 0.3) is 0 Å². The molecule has 0 aliphatic heterocycles. The van der Waals surface area contributed by atoms with Crippen LogP contribution in [-0.2, 0) is 17.6 Å². The average molecular weight is 389 g/mol. The Morgan fingerprint density at radius 1 is 1.04 bits per heavy atom. The smallest absolute Gasteiger partial charge is 0.406 e. The van der Waals surface area contributed by atoms with Gasteiger partial charge in [0.1, 0.15) is 5.75 Å². The van der Waals surface area contributed by atoms with E-state index in [2.05, 4.69) is 10.1 Å². The minimum absolute atomic E-state index is 0. The number of aryl methyl sites for hydroxylation is 1. The van der Waals surface area contributed by atoms with E-state index in [0.717, 1.165) is 11.1 Å². The predicted octanol–water partition coefficient (Wildman–Crippen LogP) is 3.88. The molecule has 0 saturated carbocycles. The Morgan fingerprint density at radius 2 is 1.69 bits per heavy atom. The Kier molecular flexibility index (Phi) is 8.25. The van der Waals surface area contributed by atoms with Gasteiger partial charge in [0, 0.05) is 18.7 Å². The summed E-state index contributed by atoms with van der Waals surface area (Å²) in [4.78, 5) is 11.8. The first-order chi connectivity index (χ1) is 11.8. The van der Waals surface area contributed by atoms with Crippen molar-refractivity contribution in [3.63, 3.8) is 0 Å². The van der Waals surface area contributed by atoms with Gasteiger partial charge in [0.2, 0.25) is 5.91 Å². The van der Waals surface area contributed by atoms with Crippen LogP contribution in [-0.4, -0.2) is 18.8 Å². The molecule has 0 saturated heterocycles. The minimum Gasteiger partial charge on any atom is -0.406 e. The molecule has 0 heterocycles. The molecular formula is C18H20ClF3N2O2. The Hall–Kier alpha value is -2.41. The third kappa shape index (κ3) is 7.65. The molecule has 142 valence electrons. The molecule has 0 aliphatic rings. The predicted molar refractivity (Wildman–Crippen MR) is 96.3 cm³/mol. The lowest BCUT2D eigenvalue weighted by molar-refractivity contribution is -0.274. The first-order valence-electron chi connectivity index (χ1n) is 7.78. The summed E-state index contributed by atoms with van der Waals surface area (Å²) < 4.78 is 40.0. The van der Waals surface area contributed by atoms with Crippen molar-refractivity contribution in [3.05, 3.63) is 59.7 Å². The van der Waals surface area contributed by atoms with Crippen molar-refractivity contribution in [3.8, 4) is 5.75 Å². The van der Waals surface area contributed by atoms with Gasteiger partial charge >= 0.3 is 6.36 Å². The molecule has 2 aromatic carbocycles. The summed E-state index contributed by atoms with van der Waals surface area (Å²) in [5.74, 6) is -0.360. The van der Waals surface area contributed by atoms with E-state index in [4.69, 9.17) is 5.73 Å². The van der Waals surface area contributed by atoms with E-state index in [-0.39, 0.29) is 24.1 Å². The molecule has 2 rings (SSSR count). The number of carbonyl (C=O) groups is 1. The molecule has 8 heteroatoms. The number of hydrogen-bond acceptors (Lipinski definition) is 3. The fourth-order valence-corrected chi connectivity index (χ4v) is 2.30. The molecule has 0 aromatic heterocycles. The van der Waals surface area contributed by atoms with Crippen LogP contribution < -0.4 is 15.8 Å². The zero-order chi connectivity index (χ0) is 18.3. The lowest BCUT2D eigenvalue weighted by Crippen LogP contribution is -2.26. The van der Waals surface area contributed by atoms with Gasteiger partial charge in [-0.2, -0.15) is 0 Å². The van der Waals surface area contributed by atoms with Crippen molar-refractivity contribution in [1.29, 1.82) is 0 Å². The third-order valence-electron chi connectivity index (χ3n) is 3.57. The number of para-hydroxylation sites is 1. The summed E-state index contributed by atoms with van der Waals surface area (Å²) in [7, 11) is 0. The summed E-state index contributed by atoms with van der Waals surface area (Å²) >= 11 is 0. The van der Waals surface area contributed by atoms with Crippen molar-refractivity contribution >= 4 is 24.0 Å². The SMILES string of the molecule is Cl.Nc1ccccc1CCC(=O)NCCc1ccc(OC(F)(F)F)cc1. The summed E-state index contributed by atoms with van der Waals surface area (Å²) in [6, 6.07) is 13.0. The standard InChI is InChI=1S/C18H19F3N2O2.ClH/c19-18(20,21)25-15-8-5-13(6-9-15)11-12-23-17(24)10-7-14-3-1-2-4-16(14)22;/h1-6,8-9H,7,10-12,22H2,(H,23,24);1H. The van der Waals surface area contributed by atoms with Crippen molar-refractivity contribution in [1.82, 2.24) is 5.32 Å². The van der Waals surface area contributed by atoms with Gasteiger partial charge in [-0.1, -0.05) is 30.3 Å². The second-order valence-electron chi connectivity index (χ2n) is 5.49. The lowest BCUT2D eigenvalue weighted by atomic mass is 10.1. The van der Waals surface area contributed by atoms with E-state index < -0.39 is 6.36 Å². The minimum atomic E-state index is -4.70. The van der Waals surface area contributed by atoms with Gasteiger partial charge in [0.05, 0.1) is 0 Å². The molecule has 3 N–H and O–H groups in total. The molecule has 0 spiro atoms. The van der Waals surface area contributed by atoms with Crippen molar-refractivity contribution in [2.45, 2.75) is 25.6 Å². The molecule has 2 aromatic rings. The summed E-state index contributed by atoms with van der Waals surface area (Å²) in [6.07, 6.45) is -3.29. The molecule has 0 atom stereocenters.